The summed E-state index contributed by atoms with van der Waals surface area (Å²) >= 11 is 0. The van der Waals surface area contributed by atoms with Crippen LogP contribution in [0.25, 0.3) is 0 Å². The Kier molecular flexibility index (Phi) is 6.53. The summed E-state index contributed by atoms with van der Waals surface area (Å²) in [7, 11) is 0. The van der Waals surface area contributed by atoms with Gasteiger partial charge in [-0.2, -0.15) is 0 Å². The van der Waals surface area contributed by atoms with E-state index in [-0.39, 0.29) is 0 Å². The molecule has 3 aliphatic heterocycles. The van der Waals surface area contributed by atoms with Crippen LogP contribution in [0.3, 0.4) is 0 Å². The Hall–Kier alpha value is -1.59. The third kappa shape index (κ3) is 4.69. The second-order valence-corrected chi connectivity index (χ2v) is 8.77. The molecular formula is C23H36N4O. The van der Waals surface area contributed by atoms with Gasteiger partial charge < -0.3 is 15.0 Å². The second kappa shape index (κ2) is 9.27. The van der Waals surface area contributed by atoms with Gasteiger partial charge in [0.15, 0.2) is 5.96 Å². The van der Waals surface area contributed by atoms with E-state index in [0.717, 1.165) is 51.9 Å². The molecule has 0 saturated carbocycles. The third-order valence-electron chi connectivity index (χ3n) is 6.69. The van der Waals surface area contributed by atoms with Crippen LogP contribution in [0.4, 0.5) is 0 Å². The highest BCUT2D eigenvalue weighted by molar-refractivity contribution is 5.80. The van der Waals surface area contributed by atoms with E-state index in [1.54, 1.807) is 0 Å². The van der Waals surface area contributed by atoms with Crippen molar-refractivity contribution in [3.8, 4) is 0 Å². The zero-order chi connectivity index (χ0) is 19.2. The normalized spacial score (nSPS) is 29.0. The minimum Gasteiger partial charge on any atom is -0.381 e. The molecule has 3 fully saturated rings. The van der Waals surface area contributed by atoms with E-state index in [9.17, 15) is 0 Å². The molecule has 4 rings (SSSR count). The lowest BCUT2D eigenvalue weighted by Crippen LogP contribution is -2.44. The monoisotopic (exact) mass is 384 g/mol. The molecule has 3 heterocycles. The number of hydrogen-bond acceptors (Lipinski definition) is 3. The van der Waals surface area contributed by atoms with Gasteiger partial charge in [0.05, 0.1) is 13.2 Å². The van der Waals surface area contributed by atoms with Gasteiger partial charge in [-0.1, -0.05) is 36.8 Å². The van der Waals surface area contributed by atoms with Crippen LogP contribution in [-0.2, 0) is 11.3 Å². The number of aliphatic imine (C=N–C) groups is 1. The molecule has 154 valence electrons. The summed E-state index contributed by atoms with van der Waals surface area (Å²) in [4.78, 5) is 10.2. The Morgan fingerprint density at radius 3 is 2.89 bits per heavy atom. The number of likely N-dealkylation sites (tertiary alicyclic amines) is 2. The summed E-state index contributed by atoms with van der Waals surface area (Å²) < 4.78 is 5.70. The zero-order valence-electron chi connectivity index (χ0n) is 17.4. The molecule has 2 atom stereocenters. The fraction of sp³-hybridized carbons (Fsp3) is 0.696. The van der Waals surface area contributed by atoms with Gasteiger partial charge in [-0.05, 0) is 44.7 Å². The quantitative estimate of drug-likeness (QED) is 0.625. The lowest BCUT2D eigenvalue weighted by molar-refractivity contribution is 0.144. The maximum absolute atomic E-state index is 5.70. The minimum atomic E-state index is 0.375. The van der Waals surface area contributed by atoms with Crippen molar-refractivity contribution in [2.45, 2.75) is 51.6 Å². The van der Waals surface area contributed by atoms with Crippen LogP contribution in [-0.4, -0.2) is 67.7 Å². The number of benzene rings is 1. The molecule has 3 aliphatic rings. The van der Waals surface area contributed by atoms with E-state index in [0.29, 0.717) is 11.5 Å². The standard InChI is InChI=1S/C23H36N4O/c1-2-24-22(27-14-11-23(18-27)12-15-28-19-23)25-16-21-10-6-7-13-26(21)17-20-8-4-3-5-9-20/h3-5,8-9,21H,2,6-7,10-19H2,1H3,(H,24,25). The summed E-state index contributed by atoms with van der Waals surface area (Å²) in [6.07, 6.45) is 6.33. The Balaban J connectivity index is 1.40. The van der Waals surface area contributed by atoms with Gasteiger partial charge in [0, 0.05) is 44.2 Å². The summed E-state index contributed by atoms with van der Waals surface area (Å²) in [6.45, 7) is 10.3. The maximum atomic E-state index is 5.70. The smallest absolute Gasteiger partial charge is 0.193 e. The largest absolute Gasteiger partial charge is 0.381 e. The number of rotatable bonds is 5. The number of hydrogen-bond donors (Lipinski definition) is 1. The van der Waals surface area contributed by atoms with E-state index < -0.39 is 0 Å². The number of guanidine groups is 1. The lowest BCUT2D eigenvalue weighted by Gasteiger charge is -2.35. The van der Waals surface area contributed by atoms with Crippen molar-refractivity contribution in [1.82, 2.24) is 15.1 Å². The number of piperidine rings is 1. The molecule has 28 heavy (non-hydrogen) atoms. The van der Waals surface area contributed by atoms with Crippen molar-refractivity contribution in [2.75, 3.05) is 45.9 Å². The highest BCUT2D eigenvalue weighted by Gasteiger charge is 2.42. The number of ether oxygens (including phenoxy) is 1. The van der Waals surface area contributed by atoms with E-state index >= 15 is 0 Å². The predicted octanol–water partition coefficient (Wildman–Crippen LogP) is 3.12. The van der Waals surface area contributed by atoms with Crippen LogP contribution in [0.15, 0.2) is 35.3 Å². The predicted molar refractivity (Wildman–Crippen MR) is 115 cm³/mol. The van der Waals surface area contributed by atoms with Crippen LogP contribution in [0.1, 0.15) is 44.6 Å². The molecule has 0 aliphatic carbocycles. The highest BCUT2D eigenvalue weighted by Crippen LogP contribution is 2.38. The third-order valence-corrected chi connectivity index (χ3v) is 6.69. The van der Waals surface area contributed by atoms with Crippen LogP contribution >= 0.6 is 0 Å². The van der Waals surface area contributed by atoms with E-state index in [1.165, 1.54) is 44.2 Å². The van der Waals surface area contributed by atoms with Gasteiger partial charge in [-0.25, -0.2) is 0 Å². The van der Waals surface area contributed by atoms with Gasteiger partial charge in [-0.3, -0.25) is 9.89 Å². The summed E-state index contributed by atoms with van der Waals surface area (Å²) in [5, 5.41) is 3.55. The zero-order valence-corrected chi connectivity index (χ0v) is 17.4. The molecule has 0 bridgehead atoms. The summed E-state index contributed by atoms with van der Waals surface area (Å²) in [5.74, 6) is 1.11. The molecule has 0 aromatic heterocycles. The average molecular weight is 385 g/mol. The van der Waals surface area contributed by atoms with Crippen LogP contribution in [0.5, 0.6) is 0 Å². The Morgan fingerprint density at radius 1 is 1.21 bits per heavy atom. The van der Waals surface area contributed by atoms with Crippen molar-refractivity contribution < 1.29 is 4.74 Å². The Labute approximate surface area is 170 Å². The van der Waals surface area contributed by atoms with Gasteiger partial charge in [-0.15, -0.1) is 0 Å². The molecule has 1 aromatic carbocycles. The minimum absolute atomic E-state index is 0.375. The fourth-order valence-electron chi connectivity index (χ4n) is 5.00. The molecular weight excluding hydrogens is 348 g/mol. The van der Waals surface area contributed by atoms with Gasteiger partial charge in [0.2, 0.25) is 0 Å². The first-order valence-corrected chi connectivity index (χ1v) is 11.2. The van der Waals surface area contributed by atoms with E-state index in [4.69, 9.17) is 9.73 Å². The molecule has 1 N–H and O–H groups in total. The SMILES string of the molecule is CCNC(=NCC1CCCCN1Cc1ccccc1)N1CCC2(CCOC2)C1. The highest BCUT2D eigenvalue weighted by atomic mass is 16.5. The van der Waals surface area contributed by atoms with Gasteiger partial charge in [0.25, 0.3) is 0 Å². The number of nitrogens with zero attached hydrogens (tertiary/aromatic N) is 3. The van der Waals surface area contributed by atoms with Gasteiger partial charge >= 0.3 is 0 Å². The molecule has 0 radical (unpaired) electrons. The van der Waals surface area contributed by atoms with E-state index in [1.807, 2.05) is 0 Å². The van der Waals surface area contributed by atoms with Crippen molar-refractivity contribution in [3.05, 3.63) is 35.9 Å². The van der Waals surface area contributed by atoms with Crippen molar-refractivity contribution >= 4 is 5.96 Å². The van der Waals surface area contributed by atoms with E-state index in [2.05, 4.69) is 52.4 Å². The topological polar surface area (TPSA) is 40.1 Å². The first-order chi connectivity index (χ1) is 13.8. The first kappa shape index (κ1) is 19.7. The van der Waals surface area contributed by atoms with Crippen molar-refractivity contribution in [3.63, 3.8) is 0 Å². The average Bonchev–Trinajstić information content (AvgIpc) is 3.37. The van der Waals surface area contributed by atoms with Crippen LogP contribution in [0, 0.1) is 5.41 Å². The second-order valence-electron chi connectivity index (χ2n) is 8.77. The van der Waals surface area contributed by atoms with Crippen molar-refractivity contribution in [2.24, 2.45) is 10.4 Å². The van der Waals surface area contributed by atoms with Crippen LogP contribution in [0.2, 0.25) is 0 Å². The molecule has 1 spiro atoms. The van der Waals surface area contributed by atoms with Gasteiger partial charge in [0.1, 0.15) is 0 Å². The summed E-state index contributed by atoms with van der Waals surface area (Å²) in [6, 6.07) is 11.4. The molecule has 0 amide bonds. The van der Waals surface area contributed by atoms with Crippen LogP contribution < -0.4 is 5.32 Å². The Bertz CT molecular complexity index is 641. The first-order valence-electron chi connectivity index (χ1n) is 11.2. The lowest BCUT2D eigenvalue weighted by atomic mass is 9.87. The molecule has 3 saturated heterocycles. The molecule has 1 aromatic rings. The van der Waals surface area contributed by atoms with Crippen molar-refractivity contribution in [1.29, 1.82) is 0 Å². The number of nitrogens with one attached hydrogen (secondary N) is 1. The molecule has 5 nitrogen and oxygen atoms in total. The Morgan fingerprint density at radius 2 is 2.11 bits per heavy atom. The molecule has 5 heteroatoms. The molecule has 2 unspecified atom stereocenters. The fourth-order valence-corrected chi connectivity index (χ4v) is 5.00. The maximum Gasteiger partial charge on any atom is 0.193 e. The summed E-state index contributed by atoms with van der Waals surface area (Å²) in [5.41, 5.74) is 1.79.